The van der Waals surface area contributed by atoms with Gasteiger partial charge in [-0.25, -0.2) is 0 Å². The molecule has 1 saturated carbocycles. The van der Waals surface area contributed by atoms with Crippen molar-refractivity contribution in [2.45, 2.75) is 70.6 Å². The highest BCUT2D eigenvalue weighted by molar-refractivity contribution is 5.82. The van der Waals surface area contributed by atoms with Gasteiger partial charge in [-0.15, -0.1) is 0 Å². The second kappa shape index (κ2) is 7.25. The molecule has 1 amide bonds. The minimum absolute atomic E-state index is 0.0909. The van der Waals surface area contributed by atoms with Gasteiger partial charge in [0.1, 0.15) is 0 Å². The van der Waals surface area contributed by atoms with Crippen LogP contribution < -0.4 is 5.32 Å². The van der Waals surface area contributed by atoms with Crippen molar-refractivity contribution in [2.75, 3.05) is 19.7 Å². The number of amides is 1. The number of nitrogens with one attached hydrogen (secondary N) is 1. The van der Waals surface area contributed by atoms with E-state index in [0.717, 1.165) is 45.4 Å². The number of hydrogen-bond donors (Lipinski definition) is 1. The second-order valence-corrected chi connectivity index (χ2v) is 6.09. The van der Waals surface area contributed by atoms with Crippen LogP contribution in [0.5, 0.6) is 0 Å². The molecule has 0 bridgehead atoms. The Morgan fingerprint density at radius 3 is 2.79 bits per heavy atom. The number of rotatable bonds is 8. The van der Waals surface area contributed by atoms with Gasteiger partial charge in [0.15, 0.2) is 0 Å². The molecule has 1 heterocycles. The lowest BCUT2D eigenvalue weighted by atomic mass is 10.0. The Hall–Kier alpha value is -0.610. The highest BCUT2D eigenvalue weighted by Crippen LogP contribution is 2.22. The first-order chi connectivity index (χ1) is 9.16. The van der Waals surface area contributed by atoms with Crippen LogP contribution in [0.15, 0.2) is 0 Å². The van der Waals surface area contributed by atoms with Gasteiger partial charge in [-0.2, -0.15) is 0 Å². The zero-order chi connectivity index (χ0) is 13.7. The molecular formula is C15H28N2O2. The SMILES string of the molecule is CC(C)OCCCCN1CCCC(NC2CC2)C1=O. The Labute approximate surface area is 116 Å². The summed E-state index contributed by atoms with van der Waals surface area (Å²) in [6.07, 6.45) is 7.05. The molecule has 110 valence electrons. The molecule has 1 atom stereocenters. The van der Waals surface area contributed by atoms with E-state index in [9.17, 15) is 4.79 Å². The molecule has 4 nitrogen and oxygen atoms in total. The third-order valence-corrected chi connectivity index (χ3v) is 3.82. The van der Waals surface area contributed by atoms with Gasteiger partial charge in [-0.3, -0.25) is 4.79 Å². The third kappa shape index (κ3) is 5.11. The average molecular weight is 268 g/mol. The van der Waals surface area contributed by atoms with Crippen LogP contribution in [-0.2, 0) is 9.53 Å². The number of piperidine rings is 1. The minimum Gasteiger partial charge on any atom is -0.379 e. The first kappa shape index (κ1) is 14.8. The fourth-order valence-electron chi connectivity index (χ4n) is 2.58. The molecule has 4 heteroatoms. The molecule has 1 N–H and O–H groups in total. The fraction of sp³-hybridized carbons (Fsp3) is 0.933. The molecule has 0 spiro atoms. The molecule has 0 radical (unpaired) electrons. The number of ether oxygens (including phenoxy) is 1. The Morgan fingerprint density at radius 2 is 2.11 bits per heavy atom. The van der Waals surface area contributed by atoms with Crippen LogP contribution in [0.2, 0.25) is 0 Å². The van der Waals surface area contributed by atoms with Crippen LogP contribution in [0.3, 0.4) is 0 Å². The van der Waals surface area contributed by atoms with Crippen molar-refractivity contribution in [3.63, 3.8) is 0 Å². The number of nitrogens with zero attached hydrogens (tertiary/aromatic N) is 1. The largest absolute Gasteiger partial charge is 0.379 e. The summed E-state index contributed by atoms with van der Waals surface area (Å²) in [6.45, 7) is 6.75. The zero-order valence-corrected chi connectivity index (χ0v) is 12.4. The average Bonchev–Trinajstić information content (AvgIpc) is 3.17. The Balaban J connectivity index is 1.63. The van der Waals surface area contributed by atoms with Gasteiger partial charge in [0.2, 0.25) is 5.91 Å². The van der Waals surface area contributed by atoms with E-state index in [4.69, 9.17) is 4.74 Å². The topological polar surface area (TPSA) is 41.6 Å². The lowest BCUT2D eigenvalue weighted by Gasteiger charge is -2.33. The first-order valence-corrected chi connectivity index (χ1v) is 7.83. The smallest absolute Gasteiger partial charge is 0.239 e. The molecule has 0 aromatic heterocycles. The number of carbonyl (C=O) groups is 1. The van der Waals surface area contributed by atoms with Crippen LogP contribution in [0.25, 0.3) is 0 Å². The number of hydrogen-bond acceptors (Lipinski definition) is 3. The molecule has 1 aliphatic heterocycles. The van der Waals surface area contributed by atoms with Crippen LogP contribution in [0, 0.1) is 0 Å². The van der Waals surface area contributed by atoms with E-state index in [2.05, 4.69) is 19.2 Å². The molecule has 0 aromatic carbocycles. The molecular weight excluding hydrogens is 240 g/mol. The highest BCUT2D eigenvalue weighted by Gasteiger charge is 2.32. The maximum atomic E-state index is 12.3. The molecule has 19 heavy (non-hydrogen) atoms. The van der Waals surface area contributed by atoms with Crippen LogP contribution in [0.4, 0.5) is 0 Å². The molecule has 1 aliphatic carbocycles. The summed E-state index contributed by atoms with van der Waals surface area (Å²) >= 11 is 0. The Kier molecular flexibility index (Phi) is 5.64. The normalized spacial score (nSPS) is 24.3. The van der Waals surface area contributed by atoms with Crippen LogP contribution >= 0.6 is 0 Å². The van der Waals surface area contributed by atoms with Crippen molar-refractivity contribution >= 4 is 5.91 Å². The standard InChI is InChI=1S/C15H28N2O2/c1-12(2)19-11-4-3-9-17-10-5-6-14(15(17)18)16-13-7-8-13/h12-14,16H,3-11H2,1-2H3. The fourth-order valence-corrected chi connectivity index (χ4v) is 2.58. The van der Waals surface area contributed by atoms with Crippen molar-refractivity contribution < 1.29 is 9.53 Å². The van der Waals surface area contributed by atoms with E-state index in [1.54, 1.807) is 0 Å². The molecule has 2 rings (SSSR count). The van der Waals surface area contributed by atoms with E-state index in [1.165, 1.54) is 12.8 Å². The monoisotopic (exact) mass is 268 g/mol. The number of likely N-dealkylation sites (tertiary alicyclic amines) is 1. The van der Waals surface area contributed by atoms with Gasteiger partial charge in [0, 0.05) is 25.7 Å². The van der Waals surface area contributed by atoms with Crippen molar-refractivity contribution in [2.24, 2.45) is 0 Å². The Morgan fingerprint density at radius 1 is 1.32 bits per heavy atom. The summed E-state index contributed by atoms with van der Waals surface area (Å²) < 4.78 is 5.52. The molecule has 1 saturated heterocycles. The number of unbranched alkanes of at least 4 members (excludes halogenated alkanes) is 1. The van der Waals surface area contributed by atoms with Crippen molar-refractivity contribution in [1.29, 1.82) is 0 Å². The van der Waals surface area contributed by atoms with Gasteiger partial charge in [0.05, 0.1) is 12.1 Å². The number of carbonyl (C=O) groups excluding carboxylic acids is 1. The summed E-state index contributed by atoms with van der Waals surface area (Å²) in [5.41, 5.74) is 0. The summed E-state index contributed by atoms with van der Waals surface area (Å²) in [5, 5.41) is 3.47. The lowest BCUT2D eigenvalue weighted by Crippen LogP contribution is -2.51. The van der Waals surface area contributed by atoms with Gasteiger partial charge in [0.25, 0.3) is 0 Å². The summed E-state index contributed by atoms with van der Waals surface area (Å²) in [4.78, 5) is 14.3. The van der Waals surface area contributed by atoms with Gasteiger partial charge < -0.3 is 15.0 Å². The molecule has 1 unspecified atom stereocenters. The second-order valence-electron chi connectivity index (χ2n) is 6.09. The lowest BCUT2D eigenvalue weighted by molar-refractivity contribution is -0.136. The van der Waals surface area contributed by atoms with Gasteiger partial charge in [-0.1, -0.05) is 0 Å². The van der Waals surface area contributed by atoms with E-state index in [-0.39, 0.29) is 6.04 Å². The predicted octanol–water partition coefficient (Wildman–Crippen LogP) is 1.93. The summed E-state index contributed by atoms with van der Waals surface area (Å²) in [7, 11) is 0. The van der Waals surface area contributed by atoms with Gasteiger partial charge in [-0.05, 0) is 52.4 Å². The molecule has 2 aliphatic rings. The zero-order valence-electron chi connectivity index (χ0n) is 12.4. The van der Waals surface area contributed by atoms with Crippen molar-refractivity contribution in [3.8, 4) is 0 Å². The Bertz CT molecular complexity index is 290. The predicted molar refractivity (Wildman–Crippen MR) is 76.1 cm³/mol. The van der Waals surface area contributed by atoms with Crippen molar-refractivity contribution in [3.05, 3.63) is 0 Å². The first-order valence-electron chi connectivity index (χ1n) is 7.83. The van der Waals surface area contributed by atoms with E-state index >= 15 is 0 Å². The van der Waals surface area contributed by atoms with E-state index in [1.807, 2.05) is 4.90 Å². The highest BCUT2D eigenvalue weighted by atomic mass is 16.5. The van der Waals surface area contributed by atoms with Crippen LogP contribution in [-0.4, -0.2) is 48.7 Å². The summed E-state index contributed by atoms with van der Waals surface area (Å²) in [5.74, 6) is 0.322. The summed E-state index contributed by atoms with van der Waals surface area (Å²) in [6, 6.07) is 0.710. The maximum absolute atomic E-state index is 12.3. The molecule has 0 aromatic rings. The van der Waals surface area contributed by atoms with Crippen molar-refractivity contribution in [1.82, 2.24) is 10.2 Å². The quantitative estimate of drug-likeness (QED) is 0.684. The van der Waals surface area contributed by atoms with Crippen LogP contribution in [0.1, 0.15) is 52.4 Å². The van der Waals surface area contributed by atoms with Gasteiger partial charge >= 0.3 is 0 Å². The third-order valence-electron chi connectivity index (χ3n) is 3.82. The van der Waals surface area contributed by atoms with E-state index in [0.29, 0.717) is 18.1 Å². The van der Waals surface area contributed by atoms with E-state index < -0.39 is 0 Å². The maximum Gasteiger partial charge on any atom is 0.239 e. The minimum atomic E-state index is 0.0909. The molecule has 2 fully saturated rings.